The average molecular weight is 391 g/mol. The van der Waals surface area contributed by atoms with Gasteiger partial charge in [0.2, 0.25) is 0 Å². The van der Waals surface area contributed by atoms with Gasteiger partial charge in [-0.25, -0.2) is 4.39 Å². The number of allylic oxidation sites excluding steroid dienone is 2. The largest absolute Gasteiger partial charge is 0.522 e. The summed E-state index contributed by atoms with van der Waals surface area (Å²) >= 11 is 0. The van der Waals surface area contributed by atoms with Crippen LogP contribution in [0.3, 0.4) is 0 Å². The van der Waals surface area contributed by atoms with Gasteiger partial charge in [-0.2, -0.15) is 0 Å². The molecule has 0 heterocycles. The number of hydrogen-bond donors (Lipinski definition) is 0. The van der Waals surface area contributed by atoms with E-state index in [1.165, 1.54) is 50.5 Å². The second-order valence-electron chi connectivity index (χ2n) is 9.01. The normalized spacial score (nSPS) is 38.5. The summed E-state index contributed by atoms with van der Waals surface area (Å²) in [6, 6.07) is 0. The smallest absolute Gasteiger partial charge is 0.286 e. The number of ether oxygens (including phenoxy) is 1. The first-order chi connectivity index (χ1) is 12.9. The van der Waals surface area contributed by atoms with E-state index in [0.717, 1.165) is 30.6 Å². The third kappa shape index (κ3) is 5.95. The fraction of sp³-hybridized carbons (Fsp3) is 0.909. The lowest BCUT2D eigenvalue weighted by atomic mass is 9.69. The molecule has 4 unspecified atom stereocenters. The van der Waals surface area contributed by atoms with Crippen molar-refractivity contribution < 1.29 is 22.3 Å². The van der Waals surface area contributed by atoms with Gasteiger partial charge in [0.25, 0.3) is 0 Å². The number of alkyl halides is 4. The first-order valence-corrected chi connectivity index (χ1v) is 10.9. The highest BCUT2D eigenvalue weighted by atomic mass is 19.4. The molecule has 2 saturated carbocycles. The lowest BCUT2D eigenvalue weighted by molar-refractivity contribution is -0.351. The van der Waals surface area contributed by atoms with Gasteiger partial charge in [0.1, 0.15) is 6.17 Å². The molecule has 4 atom stereocenters. The van der Waals surface area contributed by atoms with Gasteiger partial charge in [-0.05, 0) is 75.0 Å². The van der Waals surface area contributed by atoms with E-state index in [2.05, 4.69) is 17.7 Å². The molecule has 0 saturated heterocycles. The van der Waals surface area contributed by atoms with E-state index in [-0.39, 0.29) is 18.8 Å². The predicted molar refractivity (Wildman–Crippen MR) is 98.9 cm³/mol. The van der Waals surface area contributed by atoms with Crippen LogP contribution in [0.4, 0.5) is 17.6 Å². The van der Waals surface area contributed by atoms with Crippen LogP contribution in [-0.4, -0.2) is 18.6 Å². The molecule has 1 nitrogen and oxygen atoms in total. The molecule has 27 heavy (non-hydrogen) atoms. The van der Waals surface area contributed by atoms with Gasteiger partial charge < -0.3 is 0 Å². The molecule has 5 heteroatoms. The van der Waals surface area contributed by atoms with Gasteiger partial charge in [0, 0.05) is 0 Å². The highest BCUT2D eigenvalue weighted by Gasteiger charge is 2.41. The molecule has 0 spiro atoms. The predicted octanol–water partition coefficient (Wildman–Crippen LogP) is 7.36. The second-order valence-corrected chi connectivity index (χ2v) is 9.01. The third-order valence-electron chi connectivity index (χ3n) is 7.26. The molecule has 0 N–H and O–H groups in total. The van der Waals surface area contributed by atoms with E-state index in [4.69, 9.17) is 0 Å². The molecule has 0 bridgehead atoms. The van der Waals surface area contributed by atoms with Gasteiger partial charge in [-0.1, -0.05) is 44.3 Å². The summed E-state index contributed by atoms with van der Waals surface area (Å²) < 4.78 is 55.2. The summed E-state index contributed by atoms with van der Waals surface area (Å²) in [5.74, 6) is 2.62. The molecule has 0 aromatic rings. The van der Waals surface area contributed by atoms with E-state index >= 15 is 0 Å². The van der Waals surface area contributed by atoms with E-state index in [9.17, 15) is 17.6 Å². The topological polar surface area (TPSA) is 9.23 Å². The minimum absolute atomic E-state index is 0.106. The van der Waals surface area contributed by atoms with Gasteiger partial charge >= 0.3 is 6.36 Å². The standard InChI is InChI=1S/C22H34F4O/c1-2-3-15-4-6-16(7-5-15)17-8-10-18(11-9-17)19-12-13-21(20(23)14-19)27-22(24,25)26/h10,15-17,19-21H,2-9,11-14H2,1H3. The van der Waals surface area contributed by atoms with Crippen LogP contribution in [0.5, 0.6) is 0 Å². The summed E-state index contributed by atoms with van der Waals surface area (Å²) in [7, 11) is 0. The van der Waals surface area contributed by atoms with Crippen molar-refractivity contribution in [2.75, 3.05) is 0 Å². The van der Waals surface area contributed by atoms with Crippen molar-refractivity contribution in [3.8, 4) is 0 Å². The number of hydrogen-bond acceptors (Lipinski definition) is 1. The molecule has 156 valence electrons. The molecule has 0 aromatic carbocycles. The van der Waals surface area contributed by atoms with Gasteiger partial charge in [0.05, 0.1) is 6.10 Å². The molecule has 0 radical (unpaired) electrons. The average Bonchev–Trinajstić information content (AvgIpc) is 2.63. The number of halogens is 4. The van der Waals surface area contributed by atoms with Crippen molar-refractivity contribution in [3.63, 3.8) is 0 Å². The maximum Gasteiger partial charge on any atom is 0.522 e. The summed E-state index contributed by atoms with van der Waals surface area (Å²) in [5, 5.41) is 0. The van der Waals surface area contributed by atoms with Crippen molar-refractivity contribution in [3.05, 3.63) is 11.6 Å². The quantitative estimate of drug-likeness (QED) is 0.352. The number of rotatable bonds is 5. The summed E-state index contributed by atoms with van der Waals surface area (Å²) in [4.78, 5) is 0. The summed E-state index contributed by atoms with van der Waals surface area (Å²) in [6.45, 7) is 2.27. The second kappa shape index (κ2) is 9.28. The molecule has 3 aliphatic rings. The van der Waals surface area contributed by atoms with Crippen molar-refractivity contribution in [2.24, 2.45) is 23.7 Å². The fourth-order valence-corrected chi connectivity index (χ4v) is 5.76. The molecular formula is C22H34F4O. The first-order valence-electron chi connectivity index (χ1n) is 10.9. The van der Waals surface area contributed by atoms with Crippen LogP contribution in [0.2, 0.25) is 0 Å². The SMILES string of the molecule is CCCC1CCC(C2CC=C(C3CCC(OC(F)(F)F)C(F)C3)CC2)CC1. The van der Waals surface area contributed by atoms with Crippen LogP contribution in [0.1, 0.15) is 84.0 Å². The Hall–Kier alpha value is -0.580. The molecule has 0 aromatic heterocycles. The Morgan fingerprint density at radius 3 is 2.30 bits per heavy atom. The minimum atomic E-state index is -4.74. The van der Waals surface area contributed by atoms with E-state index in [1.807, 2.05) is 0 Å². The van der Waals surface area contributed by atoms with Crippen LogP contribution < -0.4 is 0 Å². The van der Waals surface area contributed by atoms with Gasteiger partial charge in [-0.3, -0.25) is 4.74 Å². The van der Waals surface area contributed by atoms with Gasteiger partial charge in [0.15, 0.2) is 0 Å². The fourth-order valence-electron chi connectivity index (χ4n) is 5.76. The van der Waals surface area contributed by atoms with E-state index in [1.54, 1.807) is 0 Å². The molecule has 2 fully saturated rings. The summed E-state index contributed by atoms with van der Waals surface area (Å²) in [5.41, 5.74) is 1.29. The Labute approximate surface area is 160 Å². The van der Waals surface area contributed by atoms with Crippen LogP contribution in [0.15, 0.2) is 11.6 Å². The van der Waals surface area contributed by atoms with E-state index < -0.39 is 18.6 Å². The zero-order valence-electron chi connectivity index (χ0n) is 16.4. The van der Waals surface area contributed by atoms with Crippen molar-refractivity contribution >= 4 is 0 Å². The zero-order chi connectivity index (χ0) is 19.4. The van der Waals surface area contributed by atoms with Gasteiger partial charge in [-0.15, -0.1) is 13.2 Å². The van der Waals surface area contributed by atoms with Crippen LogP contribution in [0, 0.1) is 23.7 Å². The minimum Gasteiger partial charge on any atom is -0.286 e. The molecule has 3 rings (SSSR count). The lowest BCUT2D eigenvalue weighted by Crippen LogP contribution is -2.37. The highest BCUT2D eigenvalue weighted by molar-refractivity contribution is 5.13. The summed E-state index contributed by atoms with van der Waals surface area (Å²) in [6.07, 6.45) is 7.03. The Morgan fingerprint density at radius 2 is 1.74 bits per heavy atom. The monoisotopic (exact) mass is 390 g/mol. The van der Waals surface area contributed by atoms with Crippen LogP contribution in [-0.2, 0) is 4.74 Å². The maximum atomic E-state index is 14.2. The Kier molecular flexibility index (Phi) is 7.26. The molecule has 3 aliphatic carbocycles. The maximum absolute atomic E-state index is 14.2. The van der Waals surface area contributed by atoms with E-state index in [0.29, 0.717) is 6.42 Å². The molecular weight excluding hydrogens is 356 g/mol. The van der Waals surface area contributed by atoms with Crippen molar-refractivity contribution in [1.82, 2.24) is 0 Å². The van der Waals surface area contributed by atoms with Crippen LogP contribution in [0.25, 0.3) is 0 Å². The van der Waals surface area contributed by atoms with Crippen molar-refractivity contribution in [2.45, 2.75) is 103 Å². The van der Waals surface area contributed by atoms with Crippen LogP contribution >= 0.6 is 0 Å². The zero-order valence-corrected chi connectivity index (χ0v) is 16.4. The highest BCUT2D eigenvalue weighted by Crippen LogP contribution is 2.44. The molecule has 0 aliphatic heterocycles. The van der Waals surface area contributed by atoms with Crippen molar-refractivity contribution in [1.29, 1.82) is 0 Å². The lowest BCUT2D eigenvalue weighted by Gasteiger charge is -2.38. The Bertz CT molecular complexity index is 493. The Morgan fingerprint density at radius 1 is 1.00 bits per heavy atom. The first kappa shape index (κ1) is 21.1. The third-order valence-corrected chi connectivity index (χ3v) is 7.26. The molecule has 0 amide bonds. The Balaban J connectivity index is 1.46.